The van der Waals surface area contributed by atoms with Gasteiger partial charge >= 0.3 is 11.9 Å². The number of carboxylic acids is 2. The van der Waals surface area contributed by atoms with E-state index >= 15 is 0 Å². The van der Waals surface area contributed by atoms with Crippen LogP contribution in [-0.2, 0) is 19.2 Å². The molecule has 0 radical (unpaired) electrons. The van der Waals surface area contributed by atoms with E-state index in [0.29, 0.717) is 21.6 Å². The van der Waals surface area contributed by atoms with Crippen molar-refractivity contribution in [3.8, 4) is 0 Å². The normalized spacial score (nSPS) is 13.8. The van der Waals surface area contributed by atoms with E-state index in [4.69, 9.17) is 21.7 Å². The van der Waals surface area contributed by atoms with Crippen molar-refractivity contribution in [1.82, 2.24) is 0 Å². The quantitative estimate of drug-likeness (QED) is 0.312. The molecule has 0 aromatic heterocycles. The molecule has 6 N–H and O–H groups in total. The van der Waals surface area contributed by atoms with Crippen LogP contribution in [0.4, 0.5) is 0 Å². The molecular weight excluding hydrogens is 260 g/mol. The van der Waals surface area contributed by atoms with Gasteiger partial charge in [0.2, 0.25) is 11.8 Å². The third-order valence-corrected chi connectivity index (χ3v) is 4.07. The minimum Gasteiger partial charge on any atom is -0.480 e. The Bertz CT molecular complexity index is 273. The average molecular weight is 268 g/mol. The predicted molar refractivity (Wildman–Crippen MR) is 56.4 cm³/mol. The molecule has 0 saturated heterocycles. The number of hydrogen-bond donors (Lipinski definition) is 4. The Hall–Kier alpha value is -1.42. The number of nitrogens with two attached hydrogens (primary N) is 2. The number of rotatable bonds is 7. The fraction of sp³-hybridized carbons (Fsp3) is 0.333. The smallest absolute Gasteiger partial charge is 0.327 e. The summed E-state index contributed by atoms with van der Waals surface area (Å²) in [5.74, 6) is -5.31. The Labute approximate surface area is 97.1 Å². The first-order valence-electron chi connectivity index (χ1n) is 3.63. The SMILES string of the molecule is NC(=O)C(SSC(C(N)=O)C(=O)O)C(=O)O. The number of primary amides is 2. The number of carbonyl (C=O) groups excluding carboxylic acids is 2. The highest BCUT2D eigenvalue weighted by Gasteiger charge is 2.31. The highest BCUT2D eigenvalue weighted by Crippen LogP contribution is 2.31. The molecule has 16 heavy (non-hydrogen) atoms. The van der Waals surface area contributed by atoms with E-state index in [1.165, 1.54) is 0 Å². The van der Waals surface area contributed by atoms with Crippen LogP contribution in [0.25, 0.3) is 0 Å². The van der Waals surface area contributed by atoms with Gasteiger partial charge in [0.1, 0.15) is 0 Å². The van der Waals surface area contributed by atoms with Gasteiger partial charge < -0.3 is 21.7 Å². The molecule has 0 saturated carbocycles. The maximum Gasteiger partial charge on any atom is 0.327 e. The average Bonchev–Trinajstić information content (AvgIpc) is 2.09. The number of hydrogen-bond acceptors (Lipinski definition) is 6. The van der Waals surface area contributed by atoms with E-state index in [0.717, 1.165) is 0 Å². The van der Waals surface area contributed by atoms with Gasteiger partial charge in [0.25, 0.3) is 0 Å². The van der Waals surface area contributed by atoms with Crippen molar-refractivity contribution in [2.45, 2.75) is 10.5 Å². The lowest BCUT2D eigenvalue weighted by atomic mass is 10.4. The lowest BCUT2D eigenvalue weighted by molar-refractivity contribution is -0.141. The third kappa shape index (κ3) is 4.40. The van der Waals surface area contributed by atoms with Crippen molar-refractivity contribution in [3.05, 3.63) is 0 Å². The summed E-state index contributed by atoms with van der Waals surface area (Å²) in [5, 5.41) is 13.8. The van der Waals surface area contributed by atoms with E-state index in [2.05, 4.69) is 0 Å². The standard InChI is InChI=1S/C6H8N2O6S2/c7-3(9)1(5(11)12)15-16-2(4(8)10)6(13)14/h1-2H,(H2,7,9)(H2,8,10)(H,11,12)(H,13,14). The molecule has 0 spiro atoms. The zero-order valence-corrected chi connectivity index (χ0v) is 9.29. The van der Waals surface area contributed by atoms with E-state index in [9.17, 15) is 19.2 Å². The molecule has 0 fully saturated rings. The minimum atomic E-state index is -1.63. The van der Waals surface area contributed by atoms with Crippen molar-refractivity contribution in [3.63, 3.8) is 0 Å². The Morgan fingerprint density at radius 3 is 1.19 bits per heavy atom. The zero-order valence-electron chi connectivity index (χ0n) is 7.65. The molecule has 0 aromatic carbocycles. The monoisotopic (exact) mass is 268 g/mol. The largest absolute Gasteiger partial charge is 0.480 e. The van der Waals surface area contributed by atoms with Crippen molar-refractivity contribution >= 4 is 45.3 Å². The van der Waals surface area contributed by atoms with Gasteiger partial charge in [0.05, 0.1) is 0 Å². The van der Waals surface area contributed by atoms with Crippen LogP contribution < -0.4 is 11.5 Å². The molecule has 0 aliphatic heterocycles. The fourth-order valence-corrected chi connectivity index (χ4v) is 2.84. The molecule has 0 bridgehead atoms. The number of amides is 2. The predicted octanol–water partition coefficient (Wildman–Crippen LogP) is -1.76. The van der Waals surface area contributed by atoms with Crippen LogP contribution in [0.1, 0.15) is 0 Å². The van der Waals surface area contributed by atoms with E-state index in [1.54, 1.807) is 0 Å². The molecule has 0 aromatic rings. The molecule has 90 valence electrons. The second-order valence-corrected chi connectivity index (χ2v) is 4.92. The molecule has 8 nitrogen and oxygen atoms in total. The molecule has 0 aliphatic rings. The van der Waals surface area contributed by atoms with E-state index in [1.807, 2.05) is 0 Å². The van der Waals surface area contributed by atoms with Gasteiger partial charge in [-0.05, 0) is 0 Å². The van der Waals surface area contributed by atoms with Gasteiger partial charge in [-0.2, -0.15) is 0 Å². The maximum atomic E-state index is 10.6. The van der Waals surface area contributed by atoms with Gasteiger partial charge in [-0.3, -0.25) is 19.2 Å². The van der Waals surface area contributed by atoms with Crippen molar-refractivity contribution in [2.24, 2.45) is 11.5 Å². The number of carbonyl (C=O) groups is 4. The third-order valence-electron chi connectivity index (χ3n) is 1.21. The van der Waals surface area contributed by atoms with Crippen LogP contribution >= 0.6 is 21.6 Å². The summed E-state index contributed by atoms with van der Waals surface area (Å²) < 4.78 is 0. The summed E-state index contributed by atoms with van der Waals surface area (Å²) in [6, 6.07) is 0. The first-order valence-corrected chi connectivity index (χ1v) is 5.91. The van der Waals surface area contributed by atoms with E-state index < -0.39 is 34.3 Å². The fourth-order valence-electron chi connectivity index (χ4n) is 0.532. The first-order chi connectivity index (χ1) is 7.27. The van der Waals surface area contributed by atoms with Crippen LogP contribution in [0.5, 0.6) is 0 Å². The molecule has 0 heterocycles. The van der Waals surface area contributed by atoms with Crippen LogP contribution in [0, 0.1) is 0 Å². The van der Waals surface area contributed by atoms with Gasteiger partial charge in [-0.25, -0.2) is 0 Å². The second-order valence-electron chi connectivity index (χ2n) is 2.43. The van der Waals surface area contributed by atoms with Crippen LogP contribution in [-0.4, -0.2) is 44.5 Å². The summed E-state index contributed by atoms with van der Waals surface area (Å²) in [7, 11) is 0.727. The topological polar surface area (TPSA) is 161 Å². The Morgan fingerprint density at radius 1 is 0.812 bits per heavy atom. The lowest BCUT2D eigenvalue weighted by Crippen LogP contribution is -2.35. The summed E-state index contributed by atoms with van der Waals surface area (Å²) in [6.07, 6.45) is 0. The van der Waals surface area contributed by atoms with Crippen molar-refractivity contribution in [1.29, 1.82) is 0 Å². The minimum absolute atomic E-state index is 0.363. The van der Waals surface area contributed by atoms with E-state index in [-0.39, 0.29) is 0 Å². The number of carboxylic acid groups (broad SMARTS) is 2. The molecule has 0 rings (SSSR count). The lowest BCUT2D eigenvalue weighted by Gasteiger charge is -2.10. The van der Waals surface area contributed by atoms with Crippen molar-refractivity contribution in [2.75, 3.05) is 0 Å². The maximum absolute atomic E-state index is 10.6. The molecule has 0 aliphatic carbocycles. The Morgan fingerprint density at radius 2 is 1.06 bits per heavy atom. The van der Waals surface area contributed by atoms with Gasteiger partial charge in [0.15, 0.2) is 10.5 Å². The molecule has 10 heteroatoms. The second kappa shape index (κ2) is 6.23. The summed E-state index contributed by atoms with van der Waals surface area (Å²) in [6.45, 7) is 0. The van der Waals surface area contributed by atoms with Gasteiger partial charge in [0, 0.05) is 0 Å². The first kappa shape index (κ1) is 14.6. The highest BCUT2D eigenvalue weighted by atomic mass is 33.1. The highest BCUT2D eigenvalue weighted by molar-refractivity contribution is 8.77. The Kier molecular flexibility index (Phi) is 5.67. The Balaban J connectivity index is 4.50. The van der Waals surface area contributed by atoms with Gasteiger partial charge in [-0.15, -0.1) is 0 Å². The molecule has 2 unspecified atom stereocenters. The van der Waals surface area contributed by atoms with Gasteiger partial charge in [-0.1, -0.05) is 21.6 Å². The van der Waals surface area contributed by atoms with Crippen LogP contribution in [0.3, 0.4) is 0 Å². The summed E-state index contributed by atoms with van der Waals surface area (Å²) >= 11 is 0. The molecule has 2 amide bonds. The molecule has 2 atom stereocenters. The van der Waals surface area contributed by atoms with Crippen LogP contribution in [0.2, 0.25) is 0 Å². The summed E-state index contributed by atoms with van der Waals surface area (Å²) in [5.41, 5.74) is 9.52. The van der Waals surface area contributed by atoms with Crippen molar-refractivity contribution < 1.29 is 29.4 Å². The molecular formula is C6H8N2O6S2. The number of aliphatic carboxylic acids is 2. The van der Waals surface area contributed by atoms with Crippen LogP contribution in [0.15, 0.2) is 0 Å². The summed E-state index contributed by atoms with van der Waals surface area (Å²) in [4.78, 5) is 42.3. The zero-order chi connectivity index (χ0) is 12.9.